The second kappa shape index (κ2) is 5.46. The zero-order valence-electron chi connectivity index (χ0n) is 10.6. The first-order valence-corrected chi connectivity index (χ1v) is 6.10. The lowest BCUT2D eigenvalue weighted by atomic mass is 9.84. The highest BCUT2D eigenvalue weighted by atomic mass is 16.5. The number of hydrogen-bond donors (Lipinski definition) is 1. The van der Waals surface area contributed by atoms with Crippen LogP contribution in [0.2, 0.25) is 0 Å². The van der Waals surface area contributed by atoms with Crippen LogP contribution in [0, 0.1) is 5.41 Å². The topological polar surface area (TPSA) is 68.5 Å². The Kier molecular flexibility index (Phi) is 3.93. The molecule has 18 heavy (non-hydrogen) atoms. The van der Waals surface area contributed by atoms with Gasteiger partial charge in [-0.05, 0) is 18.1 Å². The second-order valence-corrected chi connectivity index (χ2v) is 4.82. The summed E-state index contributed by atoms with van der Waals surface area (Å²) in [6, 6.07) is 3.91. The van der Waals surface area contributed by atoms with E-state index in [1.165, 1.54) is 0 Å². The smallest absolute Gasteiger partial charge is 0.234 e. The largest absolute Gasteiger partial charge is 0.379 e. The minimum Gasteiger partial charge on any atom is -0.379 e. The number of pyridine rings is 1. The highest BCUT2D eigenvalue weighted by molar-refractivity contribution is 5.84. The monoisotopic (exact) mass is 249 g/mol. The van der Waals surface area contributed by atoms with Crippen molar-refractivity contribution < 1.29 is 9.53 Å². The van der Waals surface area contributed by atoms with Gasteiger partial charge in [0, 0.05) is 32.5 Å². The zero-order chi connectivity index (χ0) is 13.0. The summed E-state index contributed by atoms with van der Waals surface area (Å²) in [5, 5.41) is 0. The number of amides is 1. The summed E-state index contributed by atoms with van der Waals surface area (Å²) in [6.45, 7) is 1.91. The molecule has 5 nitrogen and oxygen atoms in total. The molecule has 5 heteroatoms. The summed E-state index contributed by atoms with van der Waals surface area (Å²) in [4.78, 5) is 18.0. The molecule has 0 unspecified atom stereocenters. The molecule has 0 aliphatic carbocycles. The number of carbonyl (C=O) groups is 1. The first kappa shape index (κ1) is 13.0. The highest BCUT2D eigenvalue weighted by Gasteiger charge is 2.46. The van der Waals surface area contributed by atoms with Crippen LogP contribution in [0.1, 0.15) is 5.56 Å². The second-order valence-electron chi connectivity index (χ2n) is 4.82. The molecule has 1 aromatic heterocycles. The first-order valence-electron chi connectivity index (χ1n) is 6.10. The molecule has 2 heterocycles. The van der Waals surface area contributed by atoms with Crippen LogP contribution in [0.5, 0.6) is 0 Å². The van der Waals surface area contributed by atoms with Gasteiger partial charge in [-0.1, -0.05) is 6.07 Å². The highest BCUT2D eigenvalue weighted by Crippen LogP contribution is 2.28. The lowest BCUT2D eigenvalue weighted by Crippen LogP contribution is -2.58. The lowest BCUT2D eigenvalue weighted by Gasteiger charge is -2.41. The maximum Gasteiger partial charge on any atom is 0.234 e. The van der Waals surface area contributed by atoms with Crippen LogP contribution in [0.3, 0.4) is 0 Å². The van der Waals surface area contributed by atoms with Crippen molar-refractivity contribution in [1.29, 1.82) is 0 Å². The van der Waals surface area contributed by atoms with E-state index in [9.17, 15) is 4.79 Å². The molecule has 0 atom stereocenters. The minimum absolute atomic E-state index is 0.0835. The number of nitrogens with zero attached hydrogens (tertiary/aromatic N) is 2. The third kappa shape index (κ3) is 2.52. The fourth-order valence-corrected chi connectivity index (χ4v) is 2.03. The van der Waals surface area contributed by atoms with Crippen LogP contribution < -0.4 is 5.73 Å². The van der Waals surface area contributed by atoms with E-state index < -0.39 is 5.41 Å². The number of nitrogens with two attached hydrogens (primary N) is 1. The van der Waals surface area contributed by atoms with E-state index in [0.29, 0.717) is 26.3 Å². The zero-order valence-corrected chi connectivity index (χ0v) is 10.6. The van der Waals surface area contributed by atoms with Crippen LogP contribution >= 0.6 is 0 Å². The molecule has 1 aliphatic heterocycles. The summed E-state index contributed by atoms with van der Waals surface area (Å²) < 4.78 is 5.13. The molecule has 2 N–H and O–H groups in total. The molecule has 1 amide bonds. The standard InChI is InChI=1S/C13H19N3O2/c1-16(6-4-11-3-2-5-15-7-11)12(17)13(8-14)9-18-10-13/h2-3,5,7H,4,6,8-10,14H2,1H3. The van der Waals surface area contributed by atoms with Crippen LogP contribution in [0.4, 0.5) is 0 Å². The lowest BCUT2D eigenvalue weighted by molar-refractivity contribution is -0.169. The molecule has 1 aliphatic rings. The molecule has 98 valence electrons. The summed E-state index contributed by atoms with van der Waals surface area (Å²) in [5.41, 5.74) is 6.32. The van der Waals surface area contributed by atoms with Gasteiger partial charge in [0.05, 0.1) is 13.2 Å². The van der Waals surface area contributed by atoms with Crippen molar-refractivity contribution in [2.75, 3.05) is 33.4 Å². The Hall–Kier alpha value is -1.46. The van der Waals surface area contributed by atoms with Crippen LogP contribution in [-0.2, 0) is 16.0 Å². The number of carbonyl (C=O) groups excluding carboxylic acids is 1. The number of hydrogen-bond acceptors (Lipinski definition) is 4. The molecule has 2 rings (SSSR count). The van der Waals surface area contributed by atoms with Gasteiger partial charge in [0.1, 0.15) is 5.41 Å². The summed E-state index contributed by atoms with van der Waals surface area (Å²) >= 11 is 0. The molecule has 0 radical (unpaired) electrons. The fraction of sp³-hybridized carbons (Fsp3) is 0.538. The van der Waals surface area contributed by atoms with Crippen molar-refractivity contribution in [3.05, 3.63) is 30.1 Å². The number of ether oxygens (including phenoxy) is 1. The van der Waals surface area contributed by atoms with E-state index in [-0.39, 0.29) is 5.91 Å². The molecule has 1 aromatic rings. The van der Waals surface area contributed by atoms with Crippen LogP contribution in [0.15, 0.2) is 24.5 Å². The Balaban J connectivity index is 1.88. The van der Waals surface area contributed by atoms with E-state index >= 15 is 0 Å². The van der Waals surface area contributed by atoms with Gasteiger partial charge < -0.3 is 15.4 Å². The van der Waals surface area contributed by atoms with Crippen molar-refractivity contribution in [3.8, 4) is 0 Å². The molecule has 0 aromatic carbocycles. The predicted octanol–water partition coefficient (Wildman–Crippen LogP) is 0.0578. The third-order valence-electron chi connectivity index (χ3n) is 3.41. The molecule has 0 spiro atoms. The fourth-order valence-electron chi connectivity index (χ4n) is 2.03. The molecular weight excluding hydrogens is 230 g/mol. The average Bonchev–Trinajstić information content (AvgIpc) is 2.36. The maximum absolute atomic E-state index is 12.2. The van der Waals surface area contributed by atoms with E-state index in [1.54, 1.807) is 11.1 Å². The Labute approximate surface area is 107 Å². The number of aromatic nitrogens is 1. The van der Waals surface area contributed by atoms with Crippen molar-refractivity contribution in [1.82, 2.24) is 9.88 Å². The van der Waals surface area contributed by atoms with Gasteiger partial charge in [0.2, 0.25) is 5.91 Å². The normalized spacial score (nSPS) is 17.0. The van der Waals surface area contributed by atoms with E-state index in [4.69, 9.17) is 10.5 Å². The maximum atomic E-state index is 12.2. The Morgan fingerprint density at radius 1 is 1.61 bits per heavy atom. The van der Waals surface area contributed by atoms with Gasteiger partial charge in [0.15, 0.2) is 0 Å². The van der Waals surface area contributed by atoms with Gasteiger partial charge in [-0.2, -0.15) is 0 Å². The van der Waals surface area contributed by atoms with E-state index in [2.05, 4.69) is 4.98 Å². The quantitative estimate of drug-likeness (QED) is 0.801. The molecular formula is C13H19N3O2. The van der Waals surface area contributed by atoms with E-state index in [1.807, 2.05) is 25.4 Å². The van der Waals surface area contributed by atoms with Crippen LogP contribution in [0.25, 0.3) is 0 Å². The SMILES string of the molecule is CN(CCc1cccnc1)C(=O)C1(CN)COC1. The van der Waals surface area contributed by atoms with Gasteiger partial charge >= 0.3 is 0 Å². The molecule has 0 saturated carbocycles. The number of rotatable bonds is 5. The van der Waals surface area contributed by atoms with Crippen molar-refractivity contribution in [2.45, 2.75) is 6.42 Å². The van der Waals surface area contributed by atoms with Gasteiger partial charge in [-0.15, -0.1) is 0 Å². The van der Waals surface area contributed by atoms with Crippen molar-refractivity contribution in [2.24, 2.45) is 11.1 Å². The van der Waals surface area contributed by atoms with Crippen molar-refractivity contribution >= 4 is 5.91 Å². The minimum atomic E-state index is -0.482. The summed E-state index contributed by atoms with van der Waals surface area (Å²) in [6.07, 6.45) is 4.37. The third-order valence-corrected chi connectivity index (χ3v) is 3.41. The Bertz CT molecular complexity index is 398. The average molecular weight is 249 g/mol. The predicted molar refractivity (Wildman–Crippen MR) is 67.9 cm³/mol. The van der Waals surface area contributed by atoms with E-state index in [0.717, 1.165) is 12.0 Å². The molecule has 0 bridgehead atoms. The molecule has 1 fully saturated rings. The van der Waals surface area contributed by atoms with Gasteiger partial charge in [-0.25, -0.2) is 0 Å². The Morgan fingerprint density at radius 2 is 2.39 bits per heavy atom. The first-order chi connectivity index (χ1) is 8.68. The van der Waals surface area contributed by atoms with Crippen LogP contribution in [-0.4, -0.2) is 49.1 Å². The van der Waals surface area contributed by atoms with Gasteiger partial charge in [0.25, 0.3) is 0 Å². The summed E-state index contributed by atoms with van der Waals surface area (Å²) in [7, 11) is 1.81. The number of likely N-dealkylation sites (N-methyl/N-ethyl adjacent to an activating group) is 1. The summed E-state index contributed by atoms with van der Waals surface area (Å²) in [5.74, 6) is 0.0835. The van der Waals surface area contributed by atoms with Crippen molar-refractivity contribution in [3.63, 3.8) is 0 Å². The Morgan fingerprint density at radius 3 is 2.89 bits per heavy atom. The molecule has 1 saturated heterocycles. The van der Waals surface area contributed by atoms with Gasteiger partial charge in [-0.3, -0.25) is 9.78 Å².